The van der Waals surface area contributed by atoms with Gasteiger partial charge in [0.15, 0.2) is 5.11 Å². The number of amides is 2. The highest BCUT2D eigenvalue weighted by Crippen LogP contribution is 2.31. The van der Waals surface area contributed by atoms with E-state index in [-0.39, 0.29) is 10.7 Å². The van der Waals surface area contributed by atoms with Gasteiger partial charge in [0.1, 0.15) is 11.3 Å². The van der Waals surface area contributed by atoms with E-state index < -0.39 is 11.8 Å². The maximum atomic E-state index is 13.3. The van der Waals surface area contributed by atoms with Gasteiger partial charge >= 0.3 is 0 Å². The number of para-hydroxylation sites is 2. The van der Waals surface area contributed by atoms with E-state index in [4.69, 9.17) is 21.7 Å². The number of nitrogens with zero attached hydrogens (tertiary/aromatic N) is 2. The van der Waals surface area contributed by atoms with Crippen LogP contribution in [0.25, 0.3) is 6.08 Å². The molecule has 0 aromatic heterocycles. The van der Waals surface area contributed by atoms with E-state index in [1.807, 2.05) is 25.1 Å². The highest BCUT2D eigenvalue weighted by molar-refractivity contribution is 7.80. The third-order valence-electron chi connectivity index (χ3n) is 5.31. The van der Waals surface area contributed by atoms with Gasteiger partial charge in [0.2, 0.25) is 0 Å². The SMILES string of the molecule is COc1ccccc1N1C(=O)/C(=C/c2ccc(N3CCOCC3)c(C)c2)C(=O)NC1=S. The molecule has 31 heavy (non-hydrogen) atoms. The number of ether oxygens (including phenoxy) is 2. The van der Waals surface area contributed by atoms with Crippen LogP contribution in [-0.2, 0) is 14.3 Å². The molecule has 8 heteroatoms. The van der Waals surface area contributed by atoms with Crippen molar-refractivity contribution in [2.24, 2.45) is 0 Å². The second-order valence-corrected chi connectivity index (χ2v) is 7.66. The monoisotopic (exact) mass is 437 g/mol. The molecule has 2 fully saturated rings. The molecule has 0 spiro atoms. The Morgan fingerprint density at radius 1 is 1.10 bits per heavy atom. The number of carbonyl (C=O) groups is 2. The Morgan fingerprint density at radius 2 is 1.84 bits per heavy atom. The minimum Gasteiger partial charge on any atom is -0.495 e. The van der Waals surface area contributed by atoms with E-state index in [2.05, 4.69) is 10.2 Å². The Morgan fingerprint density at radius 3 is 2.55 bits per heavy atom. The molecule has 1 N–H and O–H groups in total. The molecule has 2 aromatic carbocycles. The predicted octanol–water partition coefficient (Wildman–Crippen LogP) is 2.67. The fourth-order valence-electron chi connectivity index (χ4n) is 3.78. The number of hydrogen-bond acceptors (Lipinski definition) is 6. The lowest BCUT2D eigenvalue weighted by Gasteiger charge is -2.30. The molecule has 0 saturated carbocycles. The Kier molecular flexibility index (Phi) is 6.01. The van der Waals surface area contributed by atoms with Crippen LogP contribution in [0.2, 0.25) is 0 Å². The molecular weight excluding hydrogens is 414 g/mol. The van der Waals surface area contributed by atoms with Crippen molar-refractivity contribution < 1.29 is 19.1 Å². The molecule has 2 aliphatic rings. The van der Waals surface area contributed by atoms with Crippen molar-refractivity contribution in [1.29, 1.82) is 0 Å². The highest BCUT2D eigenvalue weighted by atomic mass is 32.1. The summed E-state index contributed by atoms with van der Waals surface area (Å²) in [7, 11) is 1.52. The van der Waals surface area contributed by atoms with Crippen molar-refractivity contribution in [3.05, 3.63) is 59.2 Å². The minimum absolute atomic E-state index is 0.0121. The van der Waals surface area contributed by atoms with Gasteiger partial charge in [-0.1, -0.05) is 18.2 Å². The first-order valence-electron chi connectivity index (χ1n) is 9.97. The molecule has 2 saturated heterocycles. The van der Waals surface area contributed by atoms with Crippen molar-refractivity contribution >= 4 is 46.6 Å². The number of carbonyl (C=O) groups excluding carboxylic acids is 2. The van der Waals surface area contributed by atoms with Crippen LogP contribution in [0.1, 0.15) is 11.1 Å². The van der Waals surface area contributed by atoms with Crippen LogP contribution in [0.5, 0.6) is 5.75 Å². The second kappa shape index (κ2) is 8.87. The Bertz CT molecular complexity index is 1080. The lowest BCUT2D eigenvalue weighted by Crippen LogP contribution is -2.54. The summed E-state index contributed by atoms with van der Waals surface area (Å²) in [4.78, 5) is 29.4. The zero-order chi connectivity index (χ0) is 22.0. The first-order chi connectivity index (χ1) is 15.0. The quantitative estimate of drug-likeness (QED) is 0.451. The van der Waals surface area contributed by atoms with Crippen molar-refractivity contribution in [1.82, 2.24) is 5.32 Å². The van der Waals surface area contributed by atoms with Crippen molar-refractivity contribution in [2.75, 3.05) is 43.2 Å². The molecule has 2 amide bonds. The average Bonchev–Trinajstić information content (AvgIpc) is 2.77. The van der Waals surface area contributed by atoms with E-state index in [9.17, 15) is 9.59 Å². The third kappa shape index (κ3) is 4.17. The maximum absolute atomic E-state index is 13.3. The Hall–Kier alpha value is -3.23. The summed E-state index contributed by atoms with van der Waals surface area (Å²) >= 11 is 5.27. The van der Waals surface area contributed by atoms with Gasteiger partial charge in [0.25, 0.3) is 11.8 Å². The molecule has 0 unspecified atom stereocenters. The molecule has 0 radical (unpaired) electrons. The van der Waals surface area contributed by atoms with Crippen LogP contribution in [0.15, 0.2) is 48.0 Å². The first-order valence-corrected chi connectivity index (χ1v) is 10.4. The maximum Gasteiger partial charge on any atom is 0.270 e. The van der Waals surface area contributed by atoms with Gasteiger partial charge in [0, 0.05) is 18.8 Å². The standard InChI is InChI=1S/C23H23N3O4S/c1-15-13-16(7-8-18(15)25-9-11-30-12-10-25)14-17-21(27)24-23(31)26(22(17)28)19-5-3-4-6-20(19)29-2/h3-8,13-14H,9-12H2,1-2H3,(H,24,27,31)/b17-14+. The largest absolute Gasteiger partial charge is 0.495 e. The minimum atomic E-state index is -0.518. The number of rotatable bonds is 4. The van der Waals surface area contributed by atoms with Gasteiger partial charge in [0.05, 0.1) is 26.0 Å². The Labute approximate surface area is 186 Å². The van der Waals surface area contributed by atoms with Crippen LogP contribution in [-0.4, -0.2) is 50.3 Å². The van der Waals surface area contributed by atoms with Crippen LogP contribution in [0, 0.1) is 6.92 Å². The fraction of sp³-hybridized carbons (Fsp3) is 0.261. The number of nitrogens with one attached hydrogen (secondary N) is 1. The number of thiocarbonyl (C=S) groups is 1. The fourth-order valence-corrected chi connectivity index (χ4v) is 4.06. The van der Waals surface area contributed by atoms with Crippen molar-refractivity contribution in [3.63, 3.8) is 0 Å². The van der Waals surface area contributed by atoms with Gasteiger partial charge in [-0.3, -0.25) is 14.9 Å². The van der Waals surface area contributed by atoms with Gasteiger partial charge in [-0.15, -0.1) is 0 Å². The highest BCUT2D eigenvalue weighted by Gasteiger charge is 2.35. The van der Waals surface area contributed by atoms with Gasteiger partial charge < -0.3 is 14.4 Å². The number of hydrogen-bond donors (Lipinski definition) is 1. The summed E-state index contributed by atoms with van der Waals surface area (Å²) < 4.78 is 10.8. The van der Waals surface area contributed by atoms with E-state index in [1.165, 1.54) is 12.0 Å². The van der Waals surface area contributed by atoms with E-state index >= 15 is 0 Å². The van der Waals surface area contributed by atoms with Gasteiger partial charge in [-0.05, 0) is 60.6 Å². The molecule has 7 nitrogen and oxygen atoms in total. The molecule has 2 aliphatic heterocycles. The molecule has 2 aromatic rings. The number of aryl methyl sites for hydroxylation is 1. The summed E-state index contributed by atoms with van der Waals surface area (Å²) in [5.74, 6) is -0.524. The number of morpholine rings is 1. The summed E-state index contributed by atoms with van der Waals surface area (Å²) in [5.41, 5.74) is 3.45. The molecule has 4 rings (SSSR count). The smallest absolute Gasteiger partial charge is 0.270 e. The zero-order valence-electron chi connectivity index (χ0n) is 17.4. The molecule has 0 aliphatic carbocycles. The molecule has 160 valence electrons. The van der Waals surface area contributed by atoms with E-state index in [1.54, 1.807) is 30.3 Å². The van der Waals surface area contributed by atoms with Gasteiger partial charge in [-0.25, -0.2) is 4.90 Å². The molecular formula is C23H23N3O4S. The van der Waals surface area contributed by atoms with Gasteiger partial charge in [-0.2, -0.15) is 0 Å². The average molecular weight is 438 g/mol. The van der Waals surface area contributed by atoms with Crippen molar-refractivity contribution in [3.8, 4) is 5.75 Å². The number of anilines is 2. The van der Waals surface area contributed by atoms with E-state index in [0.717, 1.165) is 29.9 Å². The van der Waals surface area contributed by atoms with Crippen LogP contribution in [0.4, 0.5) is 11.4 Å². The number of methoxy groups -OCH3 is 1. The topological polar surface area (TPSA) is 71.1 Å². The van der Waals surface area contributed by atoms with Crippen LogP contribution in [0.3, 0.4) is 0 Å². The second-order valence-electron chi connectivity index (χ2n) is 7.28. The summed E-state index contributed by atoms with van der Waals surface area (Å²) in [6.45, 7) is 5.12. The molecule has 0 bridgehead atoms. The third-order valence-corrected chi connectivity index (χ3v) is 5.60. The van der Waals surface area contributed by atoms with Crippen LogP contribution < -0.4 is 19.9 Å². The number of benzene rings is 2. The lowest BCUT2D eigenvalue weighted by atomic mass is 10.0. The molecule has 0 atom stereocenters. The lowest BCUT2D eigenvalue weighted by molar-refractivity contribution is -0.122. The van der Waals surface area contributed by atoms with E-state index in [0.29, 0.717) is 24.7 Å². The van der Waals surface area contributed by atoms with Crippen molar-refractivity contribution in [2.45, 2.75) is 6.92 Å². The Balaban J connectivity index is 1.66. The zero-order valence-corrected chi connectivity index (χ0v) is 18.2. The first kappa shape index (κ1) is 21.0. The summed E-state index contributed by atoms with van der Waals surface area (Å²) in [5, 5.41) is 2.63. The summed E-state index contributed by atoms with van der Waals surface area (Å²) in [6, 6.07) is 12.9. The molecule has 2 heterocycles. The predicted molar refractivity (Wildman–Crippen MR) is 123 cm³/mol. The van der Waals surface area contributed by atoms with Crippen LogP contribution >= 0.6 is 12.2 Å². The summed E-state index contributed by atoms with van der Waals surface area (Å²) in [6.07, 6.45) is 1.60. The normalized spacial score (nSPS) is 18.4.